The van der Waals surface area contributed by atoms with Crippen molar-refractivity contribution < 1.29 is 9.32 Å². The topological polar surface area (TPSA) is 73.0 Å². The number of nitrogens with zero attached hydrogens (tertiary/aromatic N) is 3. The first-order chi connectivity index (χ1) is 13.1. The number of carbonyl (C=O) groups excluding carboxylic acids is 1. The summed E-state index contributed by atoms with van der Waals surface area (Å²) in [4.78, 5) is 13.0. The van der Waals surface area contributed by atoms with Crippen molar-refractivity contribution in [2.24, 2.45) is 0 Å². The molecule has 0 spiro atoms. The molecular weight excluding hydrogens is 340 g/mol. The molecule has 0 saturated heterocycles. The molecule has 0 unspecified atom stereocenters. The van der Waals surface area contributed by atoms with Crippen molar-refractivity contribution in [3.8, 4) is 5.69 Å². The molecule has 1 aliphatic rings. The van der Waals surface area contributed by atoms with Gasteiger partial charge in [0.25, 0.3) is 5.91 Å². The molecule has 0 atom stereocenters. The summed E-state index contributed by atoms with van der Waals surface area (Å²) in [6, 6.07) is 10.0. The number of aromatic nitrogens is 3. The van der Waals surface area contributed by atoms with E-state index in [9.17, 15) is 4.79 Å². The maximum atomic E-state index is 13.0. The van der Waals surface area contributed by atoms with Crippen molar-refractivity contribution in [1.82, 2.24) is 20.3 Å². The zero-order valence-electron chi connectivity index (χ0n) is 15.8. The highest BCUT2D eigenvalue weighted by Crippen LogP contribution is 2.26. The van der Waals surface area contributed by atoms with Gasteiger partial charge in [0, 0.05) is 23.4 Å². The molecule has 0 aliphatic heterocycles. The monoisotopic (exact) mass is 364 g/mol. The molecule has 140 valence electrons. The van der Waals surface area contributed by atoms with Crippen molar-refractivity contribution >= 4 is 5.91 Å². The number of para-hydroxylation sites is 1. The highest BCUT2D eigenvalue weighted by molar-refractivity contribution is 5.94. The average Bonchev–Trinajstić information content (AvgIpc) is 3.10. The van der Waals surface area contributed by atoms with Gasteiger partial charge in [0.05, 0.1) is 11.4 Å². The predicted molar refractivity (Wildman–Crippen MR) is 102 cm³/mol. The third-order valence-corrected chi connectivity index (χ3v) is 5.25. The number of fused-ring (bicyclic) bond motifs is 1. The number of benzene rings is 1. The molecule has 1 amide bonds. The van der Waals surface area contributed by atoms with Gasteiger partial charge in [-0.2, -0.15) is 5.10 Å². The Bertz CT molecular complexity index is 937. The van der Waals surface area contributed by atoms with Gasteiger partial charge in [-0.3, -0.25) is 4.79 Å². The van der Waals surface area contributed by atoms with Gasteiger partial charge < -0.3 is 9.84 Å². The quantitative estimate of drug-likeness (QED) is 0.717. The van der Waals surface area contributed by atoms with Gasteiger partial charge >= 0.3 is 0 Å². The summed E-state index contributed by atoms with van der Waals surface area (Å²) in [5.74, 6) is 0.601. The second-order valence-corrected chi connectivity index (χ2v) is 7.07. The van der Waals surface area contributed by atoms with Gasteiger partial charge in [0.15, 0.2) is 5.69 Å². The molecule has 0 saturated carbocycles. The van der Waals surface area contributed by atoms with Crippen LogP contribution in [-0.4, -0.2) is 20.8 Å². The van der Waals surface area contributed by atoms with E-state index >= 15 is 0 Å². The van der Waals surface area contributed by atoms with E-state index < -0.39 is 0 Å². The number of hydrogen-bond donors (Lipinski definition) is 1. The summed E-state index contributed by atoms with van der Waals surface area (Å²) in [5, 5.41) is 11.7. The molecule has 6 heteroatoms. The van der Waals surface area contributed by atoms with Gasteiger partial charge in [0.2, 0.25) is 0 Å². The van der Waals surface area contributed by atoms with Crippen LogP contribution in [0.2, 0.25) is 0 Å². The van der Waals surface area contributed by atoms with Gasteiger partial charge in [0.1, 0.15) is 5.76 Å². The maximum absolute atomic E-state index is 13.0. The first kappa shape index (κ1) is 17.5. The Morgan fingerprint density at radius 1 is 1.15 bits per heavy atom. The number of carbonyl (C=O) groups is 1. The fourth-order valence-electron chi connectivity index (χ4n) is 3.75. The minimum Gasteiger partial charge on any atom is -0.361 e. The normalized spacial score (nSPS) is 13.9. The molecule has 2 aromatic heterocycles. The molecular formula is C21H24N4O2. The van der Waals surface area contributed by atoms with Crippen molar-refractivity contribution in [2.45, 2.75) is 52.5 Å². The number of nitrogens with one attached hydrogen (secondary N) is 1. The van der Waals surface area contributed by atoms with E-state index in [4.69, 9.17) is 9.62 Å². The van der Waals surface area contributed by atoms with Crippen LogP contribution in [0.1, 0.15) is 58.0 Å². The van der Waals surface area contributed by atoms with Gasteiger partial charge in [-0.15, -0.1) is 0 Å². The third kappa shape index (κ3) is 3.39. The maximum Gasteiger partial charge on any atom is 0.272 e. The van der Waals surface area contributed by atoms with Crippen LogP contribution < -0.4 is 5.32 Å². The number of aryl methyl sites for hydroxylation is 2. The first-order valence-electron chi connectivity index (χ1n) is 9.51. The van der Waals surface area contributed by atoms with Crippen molar-refractivity contribution in [1.29, 1.82) is 0 Å². The molecule has 0 fully saturated rings. The summed E-state index contributed by atoms with van der Waals surface area (Å²) >= 11 is 0. The van der Waals surface area contributed by atoms with Crippen LogP contribution in [0.3, 0.4) is 0 Å². The minimum absolute atomic E-state index is 0.136. The zero-order chi connectivity index (χ0) is 18.8. The largest absolute Gasteiger partial charge is 0.361 e. The molecule has 0 bridgehead atoms. The second-order valence-electron chi connectivity index (χ2n) is 7.07. The highest BCUT2D eigenvalue weighted by Gasteiger charge is 2.25. The average molecular weight is 364 g/mol. The van der Waals surface area contributed by atoms with Crippen LogP contribution in [0.5, 0.6) is 0 Å². The molecule has 2 heterocycles. The number of amides is 1. The predicted octanol–water partition coefficient (Wildman–Crippen LogP) is 3.68. The van der Waals surface area contributed by atoms with Gasteiger partial charge in [-0.25, -0.2) is 4.68 Å². The van der Waals surface area contributed by atoms with Crippen molar-refractivity contribution in [3.63, 3.8) is 0 Å². The lowest BCUT2D eigenvalue weighted by Crippen LogP contribution is -2.25. The summed E-state index contributed by atoms with van der Waals surface area (Å²) in [5.41, 5.74) is 5.54. The highest BCUT2D eigenvalue weighted by atomic mass is 16.5. The van der Waals surface area contributed by atoms with E-state index in [0.29, 0.717) is 12.2 Å². The Morgan fingerprint density at radius 3 is 2.67 bits per heavy atom. The Hall–Kier alpha value is -2.89. The van der Waals surface area contributed by atoms with Crippen LogP contribution >= 0.6 is 0 Å². The Balaban J connectivity index is 1.66. The molecule has 1 aromatic carbocycles. The van der Waals surface area contributed by atoms with Crippen molar-refractivity contribution in [3.05, 3.63) is 64.3 Å². The van der Waals surface area contributed by atoms with Crippen LogP contribution in [0.4, 0.5) is 0 Å². The Kier molecular flexibility index (Phi) is 4.79. The molecule has 6 nitrogen and oxygen atoms in total. The van der Waals surface area contributed by atoms with Gasteiger partial charge in [-0.05, 0) is 51.7 Å². The molecule has 1 aliphatic carbocycles. The van der Waals surface area contributed by atoms with E-state index in [1.165, 1.54) is 12.1 Å². The summed E-state index contributed by atoms with van der Waals surface area (Å²) in [6.07, 6.45) is 5.26. The van der Waals surface area contributed by atoms with E-state index in [0.717, 1.165) is 54.0 Å². The van der Waals surface area contributed by atoms with E-state index in [1.807, 2.05) is 48.9 Å². The van der Waals surface area contributed by atoms with Crippen LogP contribution in [0.15, 0.2) is 34.9 Å². The number of rotatable bonds is 4. The lowest BCUT2D eigenvalue weighted by Gasteiger charge is -2.06. The van der Waals surface area contributed by atoms with Gasteiger partial charge in [-0.1, -0.05) is 29.8 Å². The molecule has 3 aromatic rings. The fourth-order valence-corrected chi connectivity index (χ4v) is 3.75. The SMILES string of the molecule is Cc1noc(C)c1CNC(=O)c1nn(-c2ccccc2)c2c1CCCCC2. The molecule has 1 N–H and O–H groups in total. The van der Waals surface area contributed by atoms with Crippen molar-refractivity contribution in [2.75, 3.05) is 0 Å². The fraction of sp³-hybridized carbons (Fsp3) is 0.381. The third-order valence-electron chi connectivity index (χ3n) is 5.25. The first-order valence-corrected chi connectivity index (χ1v) is 9.51. The summed E-state index contributed by atoms with van der Waals surface area (Å²) < 4.78 is 7.13. The smallest absolute Gasteiger partial charge is 0.272 e. The summed E-state index contributed by atoms with van der Waals surface area (Å²) in [7, 11) is 0. The minimum atomic E-state index is -0.136. The van der Waals surface area contributed by atoms with E-state index in [1.54, 1.807) is 0 Å². The Morgan fingerprint density at radius 2 is 1.93 bits per heavy atom. The van der Waals surface area contributed by atoms with Crippen LogP contribution in [0.25, 0.3) is 5.69 Å². The molecule has 27 heavy (non-hydrogen) atoms. The Labute approximate surface area is 158 Å². The standard InChI is InChI=1S/C21H24N4O2/c1-14-18(15(2)27-24-14)13-22-21(26)20-17-11-7-4-8-12-19(17)25(23-20)16-9-5-3-6-10-16/h3,5-6,9-10H,4,7-8,11-13H2,1-2H3,(H,22,26). The second kappa shape index (κ2) is 7.39. The zero-order valence-corrected chi connectivity index (χ0v) is 15.8. The van der Waals surface area contributed by atoms with E-state index in [2.05, 4.69) is 10.5 Å². The van der Waals surface area contributed by atoms with Crippen LogP contribution in [0, 0.1) is 13.8 Å². The van der Waals surface area contributed by atoms with Crippen LogP contribution in [-0.2, 0) is 19.4 Å². The lowest BCUT2D eigenvalue weighted by molar-refractivity contribution is 0.0944. The van der Waals surface area contributed by atoms with E-state index in [-0.39, 0.29) is 5.91 Å². The lowest BCUT2D eigenvalue weighted by atomic mass is 10.1. The number of hydrogen-bond acceptors (Lipinski definition) is 4. The summed E-state index contributed by atoms with van der Waals surface area (Å²) in [6.45, 7) is 4.14. The molecule has 0 radical (unpaired) electrons. The molecule has 4 rings (SSSR count).